The summed E-state index contributed by atoms with van der Waals surface area (Å²) < 4.78 is 51.1. The first-order valence-corrected chi connectivity index (χ1v) is 10.8. The summed E-state index contributed by atoms with van der Waals surface area (Å²) in [6.45, 7) is 2.24. The van der Waals surface area contributed by atoms with Crippen LogP contribution in [0.2, 0.25) is 5.02 Å². The van der Waals surface area contributed by atoms with Gasteiger partial charge in [-0.3, -0.25) is 14.3 Å². The van der Waals surface area contributed by atoms with E-state index in [1.165, 1.54) is 19.1 Å². The van der Waals surface area contributed by atoms with Crippen LogP contribution in [0.15, 0.2) is 29.8 Å². The highest BCUT2D eigenvalue weighted by atomic mass is 79.9. The zero-order chi connectivity index (χ0) is 20.4. The van der Waals surface area contributed by atoms with Gasteiger partial charge in [0.1, 0.15) is 5.82 Å². The summed E-state index contributed by atoms with van der Waals surface area (Å²) in [7, 11) is -3.91. The van der Waals surface area contributed by atoms with Crippen LogP contribution >= 0.6 is 27.5 Å². The van der Waals surface area contributed by atoms with Gasteiger partial charge in [-0.25, -0.2) is 12.8 Å². The van der Waals surface area contributed by atoms with E-state index in [1.807, 2.05) is 0 Å². The van der Waals surface area contributed by atoms with E-state index in [4.69, 9.17) is 21.1 Å². The first-order chi connectivity index (χ1) is 12.5. The largest absolute Gasteiger partial charge is 0.456 e. The van der Waals surface area contributed by atoms with Gasteiger partial charge in [-0.2, -0.15) is 0 Å². The molecule has 1 aliphatic rings. The highest BCUT2D eigenvalue weighted by molar-refractivity contribution is 9.09. The number of rotatable bonds is 7. The summed E-state index contributed by atoms with van der Waals surface area (Å²) in [5.74, 6) is -4.17. The van der Waals surface area contributed by atoms with Gasteiger partial charge in [0.05, 0.1) is 16.3 Å². The van der Waals surface area contributed by atoms with Crippen LogP contribution in [0.25, 0.3) is 0 Å². The lowest BCUT2D eigenvalue weighted by atomic mass is 9.91. The molecule has 1 aliphatic heterocycles. The lowest BCUT2D eigenvalue weighted by Crippen LogP contribution is -2.34. The quantitative estimate of drug-likeness (QED) is 0.472. The summed E-state index contributed by atoms with van der Waals surface area (Å²) in [5.41, 5.74) is -2.31. The van der Waals surface area contributed by atoms with Crippen LogP contribution in [-0.4, -0.2) is 31.3 Å². The molecule has 1 aromatic rings. The van der Waals surface area contributed by atoms with Crippen molar-refractivity contribution in [3.05, 3.63) is 46.2 Å². The second-order valence-corrected chi connectivity index (χ2v) is 8.82. The molecule has 0 radical (unpaired) electrons. The Morgan fingerprint density at radius 1 is 1.44 bits per heavy atom. The smallest absolute Gasteiger partial charge is 0.308 e. The maximum atomic E-state index is 14.4. The fourth-order valence-corrected chi connectivity index (χ4v) is 4.51. The van der Waals surface area contributed by atoms with Crippen molar-refractivity contribution in [1.82, 2.24) is 4.72 Å². The summed E-state index contributed by atoms with van der Waals surface area (Å²) in [6, 6.07) is 3.77. The second kappa shape index (κ2) is 8.15. The lowest BCUT2D eigenvalue weighted by molar-refractivity contribution is -0.142. The molecule has 0 saturated carbocycles. The van der Waals surface area contributed by atoms with Crippen LogP contribution in [0.4, 0.5) is 4.39 Å². The molecule has 27 heavy (non-hydrogen) atoms. The van der Waals surface area contributed by atoms with E-state index in [0.29, 0.717) is 5.33 Å². The van der Waals surface area contributed by atoms with Gasteiger partial charge >= 0.3 is 5.97 Å². The highest BCUT2D eigenvalue weighted by Crippen LogP contribution is 2.42. The standard InChI is InChI=1S/C16H16BrClFNO6S/c1-9(21)25-13-14(22)16(2,12-10(18)5-3-6-11(12)19)26-15(13)20-27(23,24)8-4-7-17/h3,5-6,20H,4,7-8H2,1-2H3. The van der Waals surface area contributed by atoms with E-state index in [-0.39, 0.29) is 22.8 Å². The fraction of sp³-hybridized carbons (Fsp3) is 0.375. The Bertz CT molecular complexity index is 899. The topological polar surface area (TPSA) is 98.8 Å². The van der Waals surface area contributed by atoms with Crippen molar-refractivity contribution < 1.29 is 31.9 Å². The zero-order valence-corrected chi connectivity index (χ0v) is 17.5. The Morgan fingerprint density at radius 2 is 2.11 bits per heavy atom. The highest BCUT2D eigenvalue weighted by Gasteiger charge is 2.52. The number of nitrogens with one attached hydrogen (secondary N) is 1. The lowest BCUT2D eigenvalue weighted by Gasteiger charge is -2.25. The molecule has 0 fully saturated rings. The van der Waals surface area contributed by atoms with Gasteiger partial charge in [-0.05, 0) is 25.5 Å². The van der Waals surface area contributed by atoms with Crippen LogP contribution < -0.4 is 4.72 Å². The van der Waals surface area contributed by atoms with Crippen molar-refractivity contribution >= 4 is 49.3 Å². The molecule has 0 amide bonds. The number of hydrogen-bond acceptors (Lipinski definition) is 6. The first-order valence-electron chi connectivity index (χ1n) is 7.69. The van der Waals surface area contributed by atoms with E-state index in [9.17, 15) is 22.4 Å². The van der Waals surface area contributed by atoms with Crippen LogP contribution in [0.5, 0.6) is 0 Å². The van der Waals surface area contributed by atoms with E-state index >= 15 is 0 Å². The number of ketones is 1. The van der Waals surface area contributed by atoms with Crippen molar-refractivity contribution in [3.63, 3.8) is 0 Å². The van der Waals surface area contributed by atoms with Crippen molar-refractivity contribution in [3.8, 4) is 0 Å². The van der Waals surface area contributed by atoms with Crippen molar-refractivity contribution in [2.45, 2.75) is 25.9 Å². The third-order valence-corrected chi connectivity index (χ3v) is 5.83. The normalized spacial score (nSPS) is 19.8. The Morgan fingerprint density at radius 3 is 2.67 bits per heavy atom. The number of esters is 1. The summed E-state index contributed by atoms with van der Waals surface area (Å²) in [5, 5.41) is 0.336. The summed E-state index contributed by atoms with van der Waals surface area (Å²) in [6.07, 6.45) is 0.288. The number of Topliss-reactive ketones (excluding diaryl/α,β-unsaturated/α-hetero) is 1. The van der Waals surface area contributed by atoms with Gasteiger partial charge in [-0.15, -0.1) is 0 Å². The van der Waals surface area contributed by atoms with Gasteiger partial charge in [0.2, 0.25) is 27.3 Å². The summed E-state index contributed by atoms with van der Waals surface area (Å²) in [4.78, 5) is 24.2. The minimum absolute atomic E-state index is 0.101. The van der Waals surface area contributed by atoms with Gasteiger partial charge in [0, 0.05) is 12.3 Å². The number of hydrogen-bond donors (Lipinski definition) is 1. The molecule has 0 aliphatic carbocycles. The predicted octanol–water partition coefficient (Wildman–Crippen LogP) is 2.73. The van der Waals surface area contributed by atoms with E-state index in [2.05, 4.69) is 20.7 Å². The number of alkyl halides is 1. The third kappa shape index (κ3) is 4.61. The van der Waals surface area contributed by atoms with E-state index in [0.717, 1.165) is 13.0 Å². The molecule has 1 aromatic carbocycles. The minimum atomic E-state index is -3.91. The monoisotopic (exact) mass is 483 g/mol. The molecule has 1 N–H and O–H groups in total. The molecule has 0 bridgehead atoms. The average Bonchev–Trinajstić information content (AvgIpc) is 2.77. The molecular weight excluding hydrogens is 469 g/mol. The van der Waals surface area contributed by atoms with Crippen LogP contribution in [-0.2, 0) is 34.7 Å². The maximum absolute atomic E-state index is 14.4. The molecule has 0 saturated heterocycles. The predicted molar refractivity (Wildman–Crippen MR) is 99.0 cm³/mol. The van der Waals surface area contributed by atoms with Crippen LogP contribution in [0.3, 0.4) is 0 Å². The Kier molecular flexibility index (Phi) is 6.54. The number of ether oxygens (including phenoxy) is 2. The van der Waals surface area contributed by atoms with E-state index in [1.54, 1.807) is 0 Å². The molecule has 1 atom stereocenters. The molecule has 148 valence electrons. The maximum Gasteiger partial charge on any atom is 0.308 e. The fourth-order valence-electron chi connectivity index (χ4n) is 2.48. The third-order valence-electron chi connectivity index (χ3n) is 3.63. The number of carbonyl (C=O) groups excluding carboxylic acids is 2. The van der Waals surface area contributed by atoms with Gasteiger partial charge < -0.3 is 9.47 Å². The SMILES string of the molecule is CC(=O)OC1=C(NS(=O)(=O)CCCBr)OC(C)(c2c(F)cccc2Cl)C1=O. The average molecular weight is 485 g/mol. The second-order valence-electron chi connectivity index (χ2n) is 5.78. The molecule has 0 spiro atoms. The number of carbonyl (C=O) groups is 2. The number of halogens is 3. The molecule has 1 unspecified atom stereocenters. The van der Waals surface area contributed by atoms with Gasteiger partial charge in [-0.1, -0.05) is 33.6 Å². The van der Waals surface area contributed by atoms with Crippen molar-refractivity contribution in [2.75, 3.05) is 11.1 Å². The van der Waals surface area contributed by atoms with Gasteiger partial charge in [0.15, 0.2) is 0 Å². The Balaban J connectivity index is 2.49. The molecule has 2 rings (SSSR count). The Labute approximate surface area is 169 Å². The molecule has 11 heteroatoms. The zero-order valence-electron chi connectivity index (χ0n) is 14.3. The number of sulfonamides is 1. The first kappa shape index (κ1) is 21.6. The minimum Gasteiger partial charge on any atom is -0.456 e. The summed E-state index contributed by atoms with van der Waals surface area (Å²) >= 11 is 9.14. The molecule has 7 nitrogen and oxygen atoms in total. The molecule has 1 heterocycles. The van der Waals surface area contributed by atoms with Crippen LogP contribution in [0, 0.1) is 5.82 Å². The number of benzene rings is 1. The van der Waals surface area contributed by atoms with Crippen molar-refractivity contribution in [2.24, 2.45) is 0 Å². The van der Waals surface area contributed by atoms with Crippen molar-refractivity contribution in [1.29, 1.82) is 0 Å². The molecular formula is C16H16BrClFNO6S. The van der Waals surface area contributed by atoms with Gasteiger partial charge in [0.25, 0.3) is 5.78 Å². The molecule has 0 aromatic heterocycles. The van der Waals surface area contributed by atoms with Crippen LogP contribution in [0.1, 0.15) is 25.8 Å². The van der Waals surface area contributed by atoms with E-state index < -0.39 is 44.8 Å². The Hall–Kier alpha value is -1.65.